The van der Waals surface area contributed by atoms with Crippen molar-refractivity contribution in [2.45, 2.75) is 6.54 Å². The molecule has 0 aliphatic rings. The Balaban J connectivity index is 1.59. The molecule has 0 aliphatic heterocycles. The maximum Gasteiger partial charge on any atom is 0.284 e. The van der Waals surface area contributed by atoms with E-state index in [1.54, 1.807) is 24.3 Å². The highest BCUT2D eigenvalue weighted by molar-refractivity contribution is 5.79. The van der Waals surface area contributed by atoms with E-state index in [1.165, 1.54) is 33.5 Å². The van der Waals surface area contributed by atoms with Crippen LogP contribution in [0.3, 0.4) is 0 Å². The normalized spacial score (nSPS) is 11.1. The van der Waals surface area contributed by atoms with Gasteiger partial charge in [-0.05, 0) is 42.0 Å². The van der Waals surface area contributed by atoms with Crippen molar-refractivity contribution in [1.82, 2.24) is 19.7 Å². The summed E-state index contributed by atoms with van der Waals surface area (Å²) in [6.45, 7) is 0.456. The van der Waals surface area contributed by atoms with E-state index in [9.17, 15) is 4.39 Å². The van der Waals surface area contributed by atoms with Gasteiger partial charge in [-0.3, -0.25) is 0 Å². The first-order valence-electron chi connectivity index (χ1n) is 10.4. The molecule has 172 valence electrons. The van der Waals surface area contributed by atoms with E-state index in [1.807, 2.05) is 28.8 Å². The SMILES string of the molecule is COc1cc(-c2nnc(-c3nc4ccccc4n3Cc3ccc(F)cc3)o2)cc(OC)c1OC. The highest BCUT2D eigenvalue weighted by Gasteiger charge is 2.21. The van der Waals surface area contributed by atoms with Crippen molar-refractivity contribution < 1.29 is 23.0 Å². The molecule has 5 aromatic rings. The first-order chi connectivity index (χ1) is 16.6. The molecule has 0 N–H and O–H groups in total. The van der Waals surface area contributed by atoms with Gasteiger partial charge >= 0.3 is 0 Å². The summed E-state index contributed by atoms with van der Waals surface area (Å²) in [5, 5.41) is 8.48. The van der Waals surface area contributed by atoms with Crippen LogP contribution in [0.2, 0.25) is 0 Å². The fourth-order valence-corrected chi connectivity index (χ4v) is 3.81. The minimum atomic E-state index is -0.286. The molecular formula is C25H21FN4O4. The van der Waals surface area contributed by atoms with Gasteiger partial charge in [-0.15, -0.1) is 10.2 Å². The fourth-order valence-electron chi connectivity index (χ4n) is 3.81. The quantitative estimate of drug-likeness (QED) is 0.339. The van der Waals surface area contributed by atoms with Crippen molar-refractivity contribution >= 4 is 11.0 Å². The molecule has 0 atom stereocenters. The molecule has 0 bridgehead atoms. The molecule has 9 heteroatoms. The van der Waals surface area contributed by atoms with Gasteiger partial charge in [-0.1, -0.05) is 24.3 Å². The number of methoxy groups -OCH3 is 3. The van der Waals surface area contributed by atoms with E-state index in [2.05, 4.69) is 10.2 Å². The van der Waals surface area contributed by atoms with Crippen LogP contribution in [-0.2, 0) is 6.54 Å². The second-order valence-electron chi connectivity index (χ2n) is 7.46. The van der Waals surface area contributed by atoms with Gasteiger partial charge in [0.2, 0.25) is 11.6 Å². The number of imidazole rings is 1. The van der Waals surface area contributed by atoms with Gasteiger partial charge in [0.05, 0.1) is 32.4 Å². The first kappa shape index (κ1) is 21.4. The van der Waals surface area contributed by atoms with E-state index in [4.69, 9.17) is 23.6 Å². The Morgan fingerprint density at radius 1 is 0.853 bits per heavy atom. The minimum absolute atomic E-state index is 0.252. The average Bonchev–Trinajstić information content (AvgIpc) is 3.50. The van der Waals surface area contributed by atoms with E-state index in [0.717, 1.165) is 16.6 Å². The highest BCUT2D eigenvalue weighted by atomic mass is 19.1. The molecule has 0 radical (unpaired) electrons. The van der Waals surface area contributed by atoms with Crippen molar-refractivity contribution in [3.8, 4) is 40.4 Å². The number of hydrogen-bond donors (Lipinski definition) is 0. The number of nitrogens with zero attached hydrogens (tertiary/aromatic N) is 4. The lowest BCUT2D eigenvalue weighted by Gasteiger charge is -2.12. The van der Waals surface area contributed by atoms with Gasteiger partial charge in [0.1, 0.15) is 5.82 Å². The van der Waals surface area contributed by atoms with E-state index >= 15 is 0 Å². The monoisotopic (exact) mass is 460 g/mol. The molecule has 0 saturated heterocycles. The molecule has 0 saturated carbocycles. The third-order valence-corrected chi connectivity index (χ3v) is 5.44. The predicted molar refractivity (Wildman–Crippen MR) is 124 cm³/mol. The fraction of sp³-hybridized carbons (Fsp3) is 0.160. The van der Waals surface area contributed by atoms with Crippen molar-refractivity contribution in [2.24, 2.45) is 0 Å². The number of hydrogen-bond acceptors (Lipinski definition) is 7. The molecule has 0 spiro atoms. The number of aromatic nitrogens is 4. The minimum Gasteiger partial charge on any atom is -0.493 e. The summed E-state index contributed by atoms with van der Waals surface area (Å²) in [6.07, 6.45) is 0. The average molecular weight is 460 g/mol. The summed E-state index contributed by atoms with van der Waals surface area (Å²) >= 11 is 0. The van der Waals surface area contributed by atoms with E-state index < -0.39 is 0 Å². The van der Waals surface area contributed by atoms with E-state index in [-0.39, 0.29) is 17.6 Å². The Labute approximate surface area is 194 Å². The van der Waals surface area contributed by atoms with Crippen LogP contribution in [0.25, 0.3) is 34.2 Å². The lowest BCUT2D eigenvalue weighted by Crippen LogP contribution is -2.02. The Bertz CT molecular complexity index is 1430. The zero-order chi connectivity index (χ0) is 23.7. The van der Waals surface area contributed by atoms with Crippen molar-refractivity contribution in [1.29, 1.82) is 0 Å². The molecule has 2 aromatic heterocycles. The molecule has 0 fully saturated rings. The zero-order valence-corrected chi connectivity index (χ0v) is 18.8. The Morgan fingerprint density at radius 2 is 1.53 bits per heavy atom. The van der Waals surface area contributed by atoms with Gasteiger partial charge in [0.15, 0.2) is 17.3 Å². The van der Waals surface area contributed by atoms with Crippen molar-refractivity contribution in [2.75, 3.05) is 21.3 Å². The van der Waals surface area contributed by atoms with Gasteiger partial charge in [-0.25, -0.2) is 9.37 Å². The molecule has 2 heterocycles. The Morgan fingerprint density at radius 3 is 2.21 bits per heavy atom. The summed E-state index contributed by atoms with van der Waals surface area (Å²) in [6, 6.07) is 17.5. The van der Waals surface area contributed by atoms with Crippen LogP contribution >= 0.6 is 0 Å². The summed E-state index contributed by atoms with van der Waals surface area (Å²) in [7, 11) is 4.62. The third-order valence-electron chi connectivity index (χ3n) is 5.44. The number of fused-ring (bicyclic) bond motifs is 1. The first-order valence-corrected chi connectivity index (χ1v) is 10.4. The van der Waals surface area contributed by atoms with Gasteiger partial charge < -0.3 is 23.2 Å². The van der Waals surface area contributed by atoms with Crippen LogP contribution in [0.15, 0.2) is 65.1 Å². The number of halogens is 1. The second kappa shape index (κ2) is 8.86. The van der Waals surface area contributed by atoms with Crippen LogP contribution in [-0.4, -0.2) is 41.1 Å². The summed E-state index contributed by atoms with van der Waals surface area (Å²) < 4.78 is 37.6. The van der Waals surface area contributed by atoms with Crippen molar-refractivity contribution in [3.05, 3.63) is 72.0 Å². The number of ether oxygens (including phenoxy) is 3. The van der Waals surface area contributed by atoms with Crippen LogP contribution in [0, 0.1) is 5.82 Å². The predicted octanol–water partition coefficient (Wildman–Crippen LogP) is 4.97. The molecule has 5 rings (SSSR count). The van der Waals surface area contributed by atoms with Crippen LogP contribution < -0.4 is 14.2 Å². The lowest BCUT2D eigenvalue weighted by atomic mass is 10.2. The smallest absolute Gasteiger partial charge is 0.284 e. The Hall–Kier alpha value is -4.40. The molecule has 0 aliphatic carbocycles. The molecule has 3 aromatic carbocycles. The molecular weight excluding hydrogens is 439 g/mol. The van der Waals surface area contributed by atoms with Gasteiger partial charge in [0.25, 0.3) is 5.89 Å². The van der Waals surface area contributed by atoms with Gasteiger partial charge in [-0.2, -0.15) is 0 Å². The number of benzene rings is 3. The van der Waals surface area contributed by atoms with Crippen molar-refractivity contribution in [3.63, 3.8) is 0 Å². The number of para-hydroxylation sites is 2. The molecule has 0 unspecified atom stereocenters. The summed E-state index contributed by atoms with van der Waals surface area (Å²) in [5.74, 6) is 2.16. The van der Waals surface area contributed by atoms with Crippen LogP contribution in [0.4, 0.5) is 4.39 Å². The second-order valence-corrected chi connectivity index (χ2v) is 7.46. The molecule has 34 heavy (non-hydrogen) atoms. The molecule has 8 nitrogen and oxygen atoms in total. The third kappa shape index (κ3) is 3.81. The van der Waals surface area contributed by atoms with Crippen LogP contribution in [0.5, 0.6) is 17.2 Å². The topological polar surface area (TPSA) is 84.4 Å². The largest absolute Gasteiger partial charge is 0.493 e. The van der Waals surface area contributed by atoms with Gasteiger partial charge in [0, 0.05) is 12.1 Å². The lowest BCUT2D eigenvalue weighted by molar-refractivity contribution is 0.324. The summed E-state index contributed by atoms with van der Waals surface area (Å²) in [5.41, 5.74) is 3.20. The maximum absolute atomic E-state index is 13.4. The Kier molecular flexibility index (Phi) is 5.59. The van der Waals surface area contributed by atoms with Crippen LogP contribution in [0.1, 0.15) is 5.56 Å². The maximum atomic E-state index is 13.4. The number of rotatable bonds is 7. The van der Waals surface area contributed by atoms with E-state index in [0.29, 0.717) is 35.2 Å². The molecule has 0 amide bonds. The highest BCUT2D eigenvalue weighted by Crippen LogP contribution is 2.41. The zero-order valence-electron chi connectivity index (χ0n) is 18.8. The standard InChI is InChI=1S/C25H21FN4O4/c1-31-20-12-16(13-21(32-2)22(20)33-3)24-28-29-25(34-24)23-27-18-6-4-5-7-19(18)30(23)14-15-8-10-17(26)11-9-15/h4-13H,14H2,1-3H3. The summed E-state index contributed by atoms with van der Waals surface area (Å²) in [4.78, 5) is 4.72.